The number of ketones is 1. The van der Waals surface area contributed by atoms with E-state index >= 15 is 0 Å². The molecule has 4 rings (SSSR count). The molecule has 1 aliphatic rings. The number of aromatic nitrogens is 1. The molecule has 29 heavy (non-hydrogen) atoms. The van der Waals surface area contributed by atoms with Crippen LogP contribution in [0, 0.1) is 0 Å². The molecular weight excluding hydrogens is 394 g/mol. The summed E-state index contributed by atoms with van der Waals surface area (Å²) >= 11 is 6.27. The minimum absolute atomic E-state index is 0.0259. The van der Waals surface area contributed by atoms with Crippen molar-refractivity contribution >= 4 is 34.3 Å². The summed E-state index contributed by atoms with van der Waals surface area (Å²) in [7, 11) is 0. The Morgan fingerprint density at radius 1 is 1.21 bits per heavy atom. The molecule has 0 saturated carbocycles. The average molecular weight is 414 g/mol. The van der Waals surface area contributed by atoms with Gasteiger partial charge < -0.3 is 19.2 Å². The Labute approximate surface area is 172 Å². The van der Waals surface area contributed by atoms with Crippen LogP contribution < -0.4 is 9.47 Å². The number of hydrogen-bond donors (Lipinski definition) is 1. The van der Waals surface area contributed by atoms with E-state index in [0.717, 1.165) is 17.3 Å². The maximum absolute atomic E-state index is 12.7. The molecule has 0 aliphatic carbocycles. The van der Waals surface area contributed by atoms with Gasteiger partial charge in [-0.05, 0) is 30.7 Å². The normalized spacial score (nSPS) is 14.3. The highest BCUT2D eigenvalue weighted by Gasteiger charge is 2.23. The number of benzene rings is 2. The lowest BCUT2D eigenvalue weighted by Crippen LogP contribution is -2.25. The molecule has 0 unspecified atom stereocenters. The number of carbonyl (C=O) groups excluding carboxylic acids is 2. The van der Waals surface area contributed by atoms with Gasteiger partial charge in [0.2, 0.25) is 5.78 Å². The van der Waals surface area contributed by atoms with Crippen molar-refractivity contribution in [3.8, 4) is 11.5 Å². The summed E-state index contributed by atoms with van der Waals surface area (Å²) in [5.74, 6) is 0.230. The van der Waals surface area contributed by atoms with Gasteiger partial charge >= 0.3 is 5.97 Å². The van der Waals surface area contributed by atoms with Crippen molar-refractivity contribution < 1.29 is 23.8 Å². The van der Waals surface area contributed by atoms with E-state index in [9.17, 15) is 9.59 Å². The molecule has 0 bridgehead atoms. The van der Waals surface area contributed by atoms with Crippen LogP contribution in [0.4, 0.5) is 0 Å². The predicted octanol–water partition coefficient (Wildman–Crippen LogP) is 4.34. The number of fused-ring (bicyclic) bond motifs is 2. The van der Waals surface area contributed by atoms with Gasteiger partial charge in [-0.2, -0.15) is 0 Å². The molecule has 150 valence electrons. The second-order valence-electron chi connectivity index (χ2n) is 6.88. The lowest BCUT2D eigenvalue weighted by atomic mass is 10.1. The number of esters is 1. The van der Waals surface area contributed by atoms with Gasteiger partial charge in [0.25, 0.3) is 0 Å². The van der Waals surface area contributed by atoms with Gasteiger partial charge in [-0.15, -0.1) is 0 Å². The molecule has 1 aliphatic heterocycles. The predicted molar refractivity (Wildman–Crippen MR) is 109 cm³/mol. The van der Waals surface area contributed by atoms with Crippen LogP contribution in [0.25, 0.3) is 10.9 Å². The van der Waals surface area contributed by atoms with E-state index in [0.29, 0.717) is 40.9 Å². The van der Waals surface area contributed by atoms with Crippen LogP contribution in [-0.2, 0) is 16.0 Å². The molecule has 0 fully saturated rings. The van der Waals surface area contributed by atoms with Crippen molar-refractivity contribution in [2.75, 3.05) is 13.2 Å². The molecular formula is C22H20ClNO5. The van der Waals surface area contributed by atoms with E-state index in [1.165, 1.54) is 0 Å². The Hall–Kier alpha value is -2.99. The highest BCUT2D eigenvalue weighted by molar-refractivity contribution is 6.32. The average Bonchev–Trinajstić information content (AvgIpc) is 2.98. The first-order valence-electron chi connectivity index (χ1n) is 9.41. The van der Waals surface area contributed by atoms with Crippen LogP contribution >= 0.6 is 11.6 Å². The van der Waals surface area contributed by atoms with Gasteiger partial charge in [-0.3, -0.25) is 9.59 Å². The van der Waals surface area contributed by atoms with E-state index < -0.39 is 12.1 Å². The third-order valence-corrected chi connectivity index (χ3v) is 5.02. The lowest BCUT2D eigenvalue weighted by molar-refractivity contribution is -0.145. The standard InChI is InChI=1S/C22H20ClNO5/c1-13(21(26)16-12-24-18-6-3-2-5-15(16)18)29-20(25)11-14-9-17(23)22-19(10-14)27-7-4-8-28-22/h2-3,5-6,9-10,12-13,24H,4,7-8,11H2,1H3/t13-/m1/s1. The summed E-state index contributed by atoms with van der Waals surface area (Å²) in [4.78, 5) is 28.2. The number of rotatable bonds is 5. The van der Waals surface area contributed by atoms with Crippen LogP contribution in [-0.4, -0.2) is 36.1 Å². The van der Waals surface area contributed by atoms with Crippen molar-refractivity contribution in [2.24, 2.45) is 0 Å². The second-order valence-corrected chi connectivity index (χ2v) is 7.28. The first-order chi connectivity index (χ1) is 14.0. The van der Waals surface area contributed by atoms with Crippen molar-refractivity contribution in [1.29, 1.82) is 0 Å². The summed E-state index contributed by atoms with van der Waals surface area (Å²) in [6, 6.07) is 10.9. The van der Waals surface area contributed by atoms with Gasteiger partial charge in [0.1, 0.15) is 0 Å². The molecule has 2 heterocycles. The van der Waals surface area contributed by atoms with Crippen molar-refractivity contribution in [3.05, 3.63) is 58.7 Å². The molecule has 1 aromatic heterocycles. The van der Waals surface area contributed by atoms with E-state index in [4.69, 9.17) is 25.8 Å². The smallest absolute Gasteiger partial charge is 0.310 e. The van der Waals surface area contributed by atoms with E-state index in [1.807, 2.05) is 24.3 Å². The van der Waals surface area contributed by atoms with Gasteiger partial charge in [0, 0.05) is 29.1 Å². The number of para-hydroxylation sites is 1. The van der Waals surface area contributed by atoms with Gasteiger partial charge in [0.05, 0.1) is 24.7 Å². The number of halogens is 1. The highest BCUT2D eigenvalue weighted by atomic mass is 35.5. The van der Waals surface area contributed by atoms with Crippen LogP contribution in [0.3, 0.4) is 0 Å². The Morgan fingerprint density at radius 2 is 2.00 bits per heavy atom. The Bertz CT molecular complexity index is 1070. The van der Waals surface area contributed by atoms with Gasteiger partial charge in [0.15, 0.2) is 17.6 Å². The number of carbonyl (C=O) groups is 2. The fourth-order valence-electron chi connectivity index (χ4n) is 3.34. The topological polar surface area (TPSA) is 77.6 Å². The molecule has 6 nitrogen and oxygen atoms in total. The van der Waals surface area contributed by atoms with Crippen molar-refractivity contribution in [3.63, 3.8) is 0 Å². The highest BCUT2D eigenvalue weighted by Crippen LogP contribution is 2.38. The quantitative estimate of drug-likeness (QED) is 0.497. The first-order valence-corrected chi connectivity index (χ1v) is 9.78. The number of H-pyrrole nitrogens is 1. The van der Waals surface area contributed by atoms with Gasteiger partial charge in [-0.1, -0.05) is 29.8 Å². The van der Waals surface area contributed by atoms with Gasteiger partial charge in [-0.25, -0.2) is 0 Å². The number of aromatic amines is 1. The number of nitrogens with one attached hydrogen (secondary N) is 1. The molecule has 2 aromatic carbocycles. The molecule has 0 radical (unpaired) electrons. The summed E-state index contributed by atoms with van der Waals surface area (Å²) in [6.07, 6.45) is 1.47. The molecule has 0 spiro atoms. The Morgan fingerprint density at radius 3 is 2.86 bits per heavy atom. The van der Waals surface area contributed by atoms with E-state index in [2.05, 4.69) is 4.98 Å². The number of ether oxygens (including phenoxy) is 3. The van der Waals surface area contributed by atoms with E-state index in [-0.39, 0.29) is 12.2 Å². The first kappa shape index (κ1) is 19.3. The minimum atomic E-state index is -0.905. The summed E-state index contributed by atoms with van der Waals surface area (Å²) in [5, 5.41) is 1.19. The SMILES string of the molecule is C[C@@H](OC(=O)Cc1cc(Cl)c2c(c1)OCCCO2)C(=O)c1c[nH]c2ccccc12. The maximum Gasteiger partial charge on any atom is 0.310 e. The second kappa shape index (κ2) is 8.17. The zero-order valence-corrected chi connectivity index (χ0v) is 16.6. The minimum Gasteiger partial charge on any atom is -0.489 e. The van der Waals surface area contributed by atoms with E-state index in [1.54, 1.807) is 25.3 Å². The lowest BCUT2D eigenvalue weighted by Gasteiger charge is -2.14. The van der Waals surface area contributed by atoms with Crippen LogP contribution in [0.5, 0.6) is 11.5 Å². The summed E-state index contributed by atoms with van der Waals surface area (Å²) in [6.45, 7) is 2.62. The van der Waals surface area contributed by atoms with Crippen LogP contribution in [0.1, 0.15) is 29.3 Å². The molecule has 1 N–H and O–H groups in total. The summed E-state index contributed by atoms with van der Waals surface area (Å²) in [5.41, 5.74) is 1.99. The van der Waals surface area contributed by atoms with Crippen molar-refractivity contribution in [1.82, 2.24) is 4.98 Å². The van der Waals surface area contributed by atoms with Crippen LogP contribution in [0.2, 0.25) is 5.02 Å². The molecule has 0 saturated heterocycles. The van der Waals surface area contributed by atoms with Crippen molar-refractivity contribution in [2.45, 2.75) is 25.9 Å². The molecule has 3 aromatic rings. The largest absolute Gasteiger partial charge is 0.489 e. The fraction of sp³-hybridized carbons (Fsp3) is 0.273. The Balaban J connectivity index is 1.45. The molecule has 7 heteroatoms. The third-order valence-electron chi connectivity index (χ3n) is 4.74. The summed E-state index contributed by atoms with van der Waals surface area (Å²) < 4.78 is 16.6. The third kappa shape index (κ3) is 4.07. The number of Topliss-reactive ketones (excluding diaryl/α,β-unsaturated/α-hetero) is 1. The monoisotopic (exact) mass is 413 g/mol. The zero-order valence-electron chi connectivity index (χ0n) is 15.9. The number of hydrogen-bond acceptors (Lipinski definition) is 5. The molecule has 0 amide bonds. The Kier molecular flexibility index (Phi) is 5.45. The molecule has 1 atom stereocenters. The zero-order chi connectivity index (χ0) is 20.4. The fourth-order valence-corrected chi connectivity index (χ4v) is 3.63. The maximum atomic E-state index is 12.7. The van der Waals surface area contributed by atoms with Crippen LogP contribution in [0.15, 0.2) is 42.6 Å².